The summed E-state index contributed by atoms with van der Waals surface area (Å²) >= 11 is 1.30. The Bertz CT molecular complexity index is 509. The summed E-state index contributed by atoms with van der Waals surface area (Å²) in [5.74, 6) is -1.02. The number of carboxylic acids is 1. The first kappa shape index (κ1) is 15.8. The molecule has 0 aromatic carbocycles. The van der Waals surface area contributed by atoms with Crippen LogP contribution in [0.25, 0.3) is 0 Å². The van der Waals surface area contributed by atoms with Crippen LogP contribution >= 0.6 is 11.3 Å². The highest BCUT2D eigenvalue weighted by atomic mass is 32.1. The van der Waals surface area contributed by atoms with Crippen molar-refractivity contribution in [1.82, 2.24) is 15.6 Å². The number of aromatic nitrogens is 1. The molecule has 2 amide bonds. The van der Waals surface area contributed by atoms with Crippen molar-refractivity contribution < 1.29 is 14.7 Å². The third-order valence-corrected chi connectivity index (χ3v) is 4.79. The van der Waals surface area contributed by atoms with Crippen molar-refractivity contribution in [2.24, 2.45) is 5.41 Å². The fourth-order valence-corrected chi connectivity index (χ4v) is 3.34. The maximum Gasteiger partial charge on any atom is 0.355 e. The number of rotatable bonds is 6. The number of nitrogens with one attached hydrogen (secondary N) is 2. The quantitative estimate of drug-likeness (QED) is 0.751. The average Bonchev–Trinajstić information content (AvgIpc) is 3.06. The molecule has 0 spiro atoms. The van der Waals surface area contributed by atoms with E-state index >= 15 is 0 Å². The van der Waals surface area contributed by atoms with Gasteiger partial charge in [0.25, 0.3) is 0 Å². The minimum absolute atomic E-state index is 0.0635. The summed E-state index contributed by atoms with van der Waals surface area (Å²) in [6, 6.07) is -0.168. The number of hydrogen-bond acceptors (Lipinski definition) is 4. The van der Waals surface area contributed by atoms with Crippen LogP contribution in [0.2, 0.25) is 0 Å². The molecular formula is C14H21N3O3S. The Balaban J connectivity index is 1.65. The van der Waals surface area contributed by atoms with Gasteiger partial charge in [0.1, 0.15) is 0 Å². The van der Waals surface area contributed by atoms with E-state index in [0.717, 1.165) is 5.01 Å². The minimum Gasteiger partial charge on any atom is -0.476 e. The molecule has 0 atom stereocenters. The molecule has 1 heterocycles. The molecule has 1 saturated carbocycles. The second-order valence-corrected chi connectivity index (χ2v) is 6.75. The number of thiazole rings is 1. The first-order valence-electron chi connectivity index (χ1n) is 7.18. The molecule has 1 aliphatic rings. The molecule has 1 fully saturated rings. The number of urea groups is 1. The molecule has 0 radical (unpaired) electrons. The first-order valence-corrected chi connectivity index (χ1v) is 8.06. The molecule has 1 aromatic rings. The van der Waals surface area contributed by atoms with Gasteiger partial charge >= 0.3 is 12.0 Å². The number of hydrogen-bond donors (Lipinski definition) is 3. The maximum absolute atomic E-state index is 11.7. The minimum atomic E-state index is -1.02. The molecule has 3 N–H and O–H groups in total. The largest absolute Gasteiger partial charge is 0.476 e. The number of nitrogens with zero attached hydrogens (tertiary/aromatic N) is 1. The highest BCUT2D eigenvalue weighted by Crippen LogP contribution is 2.36. The van der Waals surface area contributed by atoms with Crippen molar-refractivity contribution in [2.45, 2.75) is 39.0 Å². The molecule has 1 aliphatic carbocycles. The second-order valence-electron chi connectivity index (χ2n) is 5.81. The number of carbonyl (C=O) groups excluding carboxylic acids is 1. The van der Waals surface area contributed by atoms with Crippen LogP contribution in [0.15, 0.2) is 5.38 Å². The van der Waals surface area contributed by atoms with Crippen molar-refractivity contribution >= 4 is 23.3 Å². The number of amides is 2. The Hall–Kier alpha value is -1.63. The van der Waals surface area contributed by atoms with Gasteiger partial charge in [-0.05, 0) is 18.3 Å². The zero-order valence-electron chi connectivity index (χ0n) is 12.1. The lowest BCUT2D eigenvalue weighted by Gasteiger charge is -2.23. The van der Waals surface area contributed by atoms with Crippen LogP contribution in [0, 0.1) is 5.41 Å². The highest BCUT2D eigenvalue weighted by molar-refractivity contribution is 7.09. The van der Waals surface area contributed by atoms with Gasteiger partial charge < -0.3 is 15.7 Å². The van der Waals surface area contributed by atoms with E-state index in [-0.39, 0.29) is 17.1 Å². The van der Waals surface area contributed by atoms with Crippen LogP contribution in [-0.4, -0.2) is 35.2 Å². The van der Waals surface area contributed by atoms with Gasteiger partial charge in [0.05, 0.1) is 5.01 Å². The predicted octanol–water partition coefficient (Wildman–Crippen LogP) is 2.26. The molecule has 0 bridgehead atoms. The lowest BCUT2D eigenvalue weighted by molar-refractivity contribution is 0.0691. The second kappa shape index (κ2) is 6.89. The van der Waals surface area contributed by atoms with E-state index in [1.807, 2.05) is 0 Å². The molecule has 116 valence electrons. The third-order valence-electron chi connectivity index (χ3n) is 3.88. The predicted molar refractivity (Wildman–Crippen MR) is 80.8 cm³/mol. The monoisotopic (exact) mass is 311 g/mol. The van der Waals surface area contributed by atoms with E-state index in [9.17, 15) is 9.59 Å². The topological polar surface area (TPSA) is 91.3 Å². The summed E-state index contributed by atoms with van der Waals surface area (Å²) in [6.07, 6.45) is 5.38. The van der Waals surface area contributed by atoms with Gasteiger partial charge in [-0.15, -0.1) is 11.3 Å². The van der Waals surface area contributed by atoms with Crippen LogP contribution in [0.4, 0.5) is 4.79 Å². The van der Waals surface area contributed by atoms with Gasteiger partial charge in [0, 0.05) is 24.9 Å². The highest BCUT2D eigenvalue weighted by Gasteiger charge is 2.28. The van der Waals surface area contributed by atoms with Crippen molar-refractivity contribution in [3.8, 4) is 0 Å². The Morgan fingerprint density at radius 3 is 2.71 bits per heavy atom. The Kier molecular flexibility index (Phi) is 5.17. The van der Waals surface area contributed by atoms with E-state index in [0.29, 0.717) is 19.5 Å². The lowest BCUT2D eigenvalue weighted by atomic mass is 9.89. The van der Waals surface area contributed by atoms with Crippen LogP contribution in [0.1, 0.15) is 48.1 Å². The summed E-state index contributed by atoms with van der Waals surface area (Å²) in [4.78, 5) is 26.4. The molecule has 2 rings (SSSR count). The summed E-state index contributed by atoms with van der Waals surface area (Å²) in [5.41, 5.74) is 0.303. The van der Waals surface area contributed by atoms with E-state index < -0.39 is 5.97 Å². The van der Waals surface area contributed by atoms with Crippen LogP contribution in [0.5, 0.6) is 0 Å². The van der Waals surface area contributed by atoms with E-state index in [4.69, 9.17) is 5.11 Å². The van der Waals surface area contributed by atoms with Crippen molar-refractivity contribution in [3.63, 3.8) is 0 Å². The smallest absolute Gasteiger partial charge is 0.355 e. The van der Waals surface area contributed by atoms with E-state index in [1.165, 1.54) is 42.4 Å². The van der Waals surface area contributed by atoms with Crippen molar-refractivity contribution in [1.29, 1.82) is 0 Å². The standard InChI is InChI=1S/C14H21N3O3S/c1-14(5-2-3-6-14)9-16-13(20)15-7-4-11-17-10(8-21-11)12(18)19/h8H,2-7,9H2,1H3,(H,18,19)(H2,15,16,20). The SMILES string of the molecule is CC1(CNC(=O)NCCc2nc(C(=O)O)cs2)CCCC1. The third kappa shape index (κ3) is 4.70. The van der Waals surface area contributed by atoms with E-state index in [2.05, 4.69) is 22.5 Å². The lowest BCUT2D eigenvalue weighted by Crippen LogP contribution is -2.41. The van der Waals surface area contributed by atoms with Gasteiger partial charge in [0.15, 0.2) is 5.69 Å². The normalized spacial score (nSPS) is 16.6. The van der Waals surface area contributed by atoms with E-state index in [1.54, 1.807) is 0 Å². The van der Waals surface area contributed by atoms with Crippen LogP contribution in [0.3, 0.4) is 0 Å². The van der Waals surface area contributed by atoms with Crippen LogP contribution in [-0.2, 0) is 6.42 Å². The van der Waals surface area contributed by atoms with Crippen LogP contribution < -0.4 is 10.6 Å². The summed E-state index contributed by atoms with van der Waals surface area (Å²) < 4.78 is 0. The molecule has 0 unspecified atom stereocenters. The fraction of sp³-hybridized carbons (Fsp3) is 0.643. The Morgan fingerprint density at radius 2 is 2.10 bits per heavy atom. The molecule has 21 heavy (non-hydrogen) atoms. The van der Waals surface area contributed by atoms with Crippen molar-refractivity contribution in [3.05, 3.63) is 16.1 Å². The average molecular weight is 311 g/mol. The summed E-state index contributed by atoms with van der Waals surface area (Å²) in [6.45, 7) is 3.37. The molecule has 1 aromatic heterocycles. The zero-order valence-corrected chi connectivity index (χ0v) is 13.0. The maximum atomic E-state index is 11.7. The molecule has 6 nitrogen and oxygen atoms in total. The van der Waals surface area contributed by atoms with Gasteiger partial charge in [-0.2, -0.15) is 0 Å². The zero-order chi connectivity index (χ0) is 15.3. The van der Waals surface area contributed by atoms with Gasteiger partial charge in [-0.1, -0.05) is 19.8 Å². The Labute approximate surface area is 128 Å². The Morgan fingerprint density at radius 1 is 1.38 bits per heavy atom. The van der Waals surface area contributed by atoms with Crippen molar-refractivity contribution in [2.75, 3.05) is 13.1 Å². The van der Waals surface area contributed by atoms with Gasteiger partial charge in [0.2, 0.25) is 0 Å². The number of carbonyl (C=O) groups is 2. The molecular weight excluding hydrogens is 290 g/mol. The fourth-order valence-electron chi connectivity index (χ4n) is 2.57. The number of aromatic carboxylic acids is 1. The summed E-state index contributed by atoms with van der Waals surface area (Å²) in [5, 5.41) is 16.7. The molecule has 7 heteroatoms. The molecule has 0 aliphatic heterocycles. The molecule has 0 saturated heterocycles. The summed E-state index contributed by atoms with van der Waals surface area (Å²) in [7, 11) is 0. The number of carboxylic acid groups (broad SMARTS) is 1. The van der Waals surface area contributed by atoms with Gasteiger partial charge in [-0.25, -0.2) is 14.6 Å². The van der Waals surface area contributed by atoms with Gasteiger partial charge in [-0.3, -0.25) is 0 Å². The first-order chi connectivity index (χ1) is 9.98.